The van der Waals surface area contributed by atoms with E-state index in [0.717, 1.165) is 14.7 Å². The molecular weight excluding hydrogens is 571 g/mol. The van der Waals surface area contributed by atoms with Crippen LogP contribution in [0.25, 0.3) is 17.4 Å². The Morgan fingerprint density at radius 3 is 1.94 bits per heavy atom. The first-order valence-corrected chi connectivity index (χ1v) is 12.3. The molecule has 0 unspecified atom stereocenters. The van der Waals surface area contributed by atoms with E-state index in [4.69, 9.17) is 16.6 Å². The number of carbonyl (C=O) groups is 2. The third kappa shape index (κ3) is 4.44. The van der Waals surface area contributed by atoms with Gasteiger partial charge in [-0.05, 0) is 102 Å². The van der Waals surface area contributed by atoms with Crippen LogP contribution < -0.4 is 9.80 Å². The molecule has 0 bridgehead atoms. The summed E-state index contributed by atoms with van der Waals surface area (Å²) in [5, 5.41) is 0.101. The van der Waals surface area contributed by atoms with E-state index in [-0.39, 0.29) is 10.7 Å². The number of halogens is 1. The summed E-state index contributed by atoms with van der Waals surface area (Å²) in [6.45, 7) is 2.01. The summed E-state index contributed by atoms with van der Waals surface area (Å²) >= 11 is 7.89. The Morgan fingerprint density at radius 2 is 1.37 bits per heavy atom. The van der Waals surface area contributed by atoms with Gasteiger partial charge in [0.25, 0.3) is 11.8 Å². The van der Waals surface area contributed by atoms with Crippen LogP contribution in [0.4, 0.5) is 11.4 Å². The Labute approximate surface area is 221 Å². The number of benzene rings is 3. The lowest BCUT2D eigenvalue weighted by Gasteiger charge is -2.36. The van der Waals surface area contributed by atoms with Crippen LogP contribution >= 0.6 is 34.8 Å². The summed E-state index contributed by atoms with van der Waals surface area (Å²) in [5.74, 6) is 0.0753. The molecule has 1 saturated heterocycles. The van der Waals surface area contributed by atoms with Crippen LogP contribution in [0.2, 0.25) is 0 Å². The summed E-state index contributed by atoms with van der Waals surface area (Å²) < 4.78 is 7.15. The van der Waals surface area contributed by atoms with Crippen molar-refractivity contribution in [1.29, 1.82) is 0 Å². The second kappa shape index (κ2) is 9.59. The summed E-state index contributed by atoms with van der Waals surface area (Å²) in [7, 11) is 0. The summed E-state index contributed by atoms with van der Waals surface area (Å²) in [6, 6.07) is 27.8. The Bertz CT molecular complexity index is 1420. The molecular formula is C28H19IN2O3S. The Morgan fingerprint density at radius 1 is 0.800 bits per heavy atom. The predicted molar refractivity (Wildman–Crippen MR) is 150 cm³/mol. The van der Waals surface area contributed by atoms with Crippen LogP contribution in [-0.2, 0) is 9.59 Å². The van der Waals surface area contributed by atoms with Crippen LogP contribution in [-0.4, -0.2) is 16.9 Å². The van der Waals surface area contributed by atoms with Gasteiger partial charge in [0.2, 0.25) is 0 Å². The molecule has 0 N–H and O–H groups in total. The molecule has 0 aliphatic carbocycles. The molecule has 2 amide bonds. The number of carbonyl (C=O) groups excluding carboxylic acids is 2. The Hall–Kier alpha value is -3.56. The number of amides is 2. The third-order valence-electron chi connectivity index (χ3n) is 5.66. The van der Waals surface area contributed by atoms with Crippen molar-refractivity contribution >= 4 is 69.2 Å². The van der Waals surface area contributed by atoms with Gasteiger partial charge in [-0.15, -0.1) is 0 Å². The molecule has 0 saturated carbocycles. The number of thiocarbonyl (C=S) groups is 1. The van der Waals surface area contributed by atoms with Crippen LogP contribution in [0.3, 0.4) is 0 Å². The van der Waals surface area contributed by atoms with Gasteiger partial charge in [-0.2, -0.15) is 0 Å². The van der Waals surface area contributed by atoms with Gasteiger partial charge in [-0.1, -0.05) is 42.5 Å². The molecule has 5 rings (SSSR count). The minimum Gasteiger partial charge on any atom is -0.457 e. The number of hydrogen-bond acceptors (Lipinski definition) is 4. The molecule has 2 heterocycles. The number of rotatable bonds is 4. The number of hydrogen-bond donors (Lipinski definition) is 0. The van der Waals surface area contributed by atoms with Gasteiger partial charge in [-0.3, -0.25) is 19.4 Å². The summed E-state index contributed by atoms with van der Waals surface area (Å²) in [4.78, 5) is 29.9. The molecule has 1 aliphatic heterocycles. The molecule has 172 valence electrons. The average Bonchev–Trinajstić information content (AvgIpc) is 3.33. The summed E-state index contributed by atoms with van der Waals surface area (Å²) in [5.41, 5.74) is 3.15. The minimum atomic E-state index is -0.498. The van der Waals surface area contributed by atoms with Crippen molar-refractivity contribution in [3.8, 4) is 11.3 Å². The van der Waals surface area contributed by atoms with Crippen LogP contribution in [0, 0.1) is 10.5 Å². The highest BCUT2D eigenvalue weighted by atomic mass is 127. The largest absolute Gasteiger partial charge is 0.457 e. The third-order valence-corrected chi connectivity index (χ3v) is 6.69. The molecule has 1 aromatic heterocycles. The highest BCUT2D eigenvalue weighted by molar-refractivity contribution is 14.1. The Kier molecular flexibility index (Phi) is 6.36. The number of nitrogens with zero attached hydrogens (tertiary/aromatic N) is 2. The van der Waals surface area contributed by atoms with Crippen molar-refractivity contribution in [1.82, 2.24) is 0 Å². The SMILES string of the molecule is Cc1ccc(I)cc1-c1ccc(C=C2C(=O)N(c3ccccc3)C(=S)N(c3ccccc3)C2=O)o1. The fraction of sp³-hybridized carbons (Fsp3) is 0.0357. The van der Waals surface area contributed by atoms with Gasteiger partial charge >= 0.3 is 0 Å². The first kappa shape index (κ1) is 23.2. The lowest BCUT2D eigenvalue weighted by atomic mass is 10.1. The molecule has 5 nitrogen and oxygen atoms in total. The molecule has 0 radical (unpaired) electrons. The average molecular weight is 590 g/mol. The maximum absolute atomic E-state index is 13.6. The zero-order valence-electron chi connectivity index (χ0n) is 18.6. The van der Waals surface area contributed by atoms with Gasteiger partial charge < -0.3 is 4.42 Å². The quantitative estimate of drug-likeness (QED) is 0.116. The van der Waals surface area contributed by atoms with Gasteiger partial charge in [0.15, 0.2) is 5.11 Å². The van der Waals surface area contributed by atoms with E-state index >= 15 is 0 Å². The number of furan rings is 1. The molecule has 3 aromatic carbocycles. The maximum Gasteiger partial charge on any atom is 0.270 e. The predicted octanol–water partition coefficient (Wildman–Crippen LogP) is 6.61. The van der Waals surface area contributed by atoms with E-state index in [1.807, 2.05) is 67.6 Å². The smallest absolute Gasteiger partial charge is 0.270 e. The molecule has 4 aromatic rings. The topological polar surface area (TPSA) is 53.8 Å². The number of para-hydroxylation sites is 2. The molecule has 7 heteroatoms. The fourth-order valence-corrected chi connectivity index (χ4v) is 4.78. The van der Waals surface area contributed by atoms with Crippen molar-refractivity contribution in [2.24, 2.45) is 0 Å². The fourth-order valence-electron chi connectivity index (χ4n) is 3.92. The zero-order chi connectivity index (χ0) is 24.5. The van der Waals surface area contributed by atoms with E-state index in [1.54, 1.807) is 30.3 Å². The van der Waals surface area contributed by atoms with Gasteiger partial charge in [0.05, 0.1) is 11.4 Å². The van der Waals surface area contributed by atoms with E-state index in [9.17, 15) is 9.59 Å². The molecule has 0 spiro atoms. The first-order chi connectivity index (χ1) is 16.9. The molecule has 35 heavy (non-hydrogen) atoms. The normalized spacial score (nSPS) is 14.0. The maximum atomic E-state index is 13.6. The monoisotopic (exact) mass is 590 g/mol. The molecule has 1 aliphatic rings. The first-order valence-electron chi connectivity index (χ1n) is 10.8. The highest BCUT2D eigenvalue weighted by Crippen LogP contribution is 2.32. The van der Waals surface area contributed by atoms with Crippen LogP contribution in [0.15, 0.2) is 101 Å². The highest BCUT2D eigenvalue weighted by Gasteiger charge is 2.41. The summed E-state index contributed by atoms with van der Waals surface area (Å²) in [6.07, 6.45) is 1.49. The lowest BCUT2D eigenvalue weighted by molar-refractivity contribution is -0.120. The van der Waals surface area contributed by atoms with Gasteiger partial charge in [0, 0.05) is 9.13 Å². The van der Waals surface area contributed by atoms with E-state index in [2.05, 4.69) is 22.6 Å². The zero-order valence-corrected chi connectivity index (χ0v) is 21.6. The van der Waals surface area contributed by atoms with Crippen LogP contribution in [0.1, 0.15) is 11.3 Å². The minimum absolute atomic E-state index is 0.0356. The van der Waals surface area contributed by atoms with E-state index in [1.165, 1.54) is 15.9 Å². The number of aryl methyl sites for hydroxylation is 1. The molecule has 1 fully saturated rings. The van der Waals surface area contributed by atoms with Crippen molar-refractivity contribution in [3.05, 3.63) is 111 Å². The van der Waals surface area contributed by atoms with Crippen molar-refractivity contribution in [3.63, 3.8) is 0 Å². The standard InChI is InChI=1S/C28H19IN2O3S/c1-18-12-13-19(29)16-23(18)25-15-14-22(34-25)17-24-26(32)30(20-8-4-2-5-9-20)28(35)31(27(24)33)21-10-6-3-7-11-21/h2-17H,1H3. The van der Waals surface area contributed by atoms with Crippen molar-refractivity contribution in [2.75, 3.05) is 9.80 Å². The van der Waals surface area contributed by atoms with E-state index in [0.29, 0.717) is 22.9 Å². The van der Waals surface area contributed by atoms with Crippen molar-refractivity contribution < 1.29 is 14.0 Å². The van der Waals surface area contributed by atoms with Gasteiger partial charge in [0.1, 0.15) is 17.1 Å². The Balaban J connectivity index is 1.60. The lowest BCUT2D eigenvalue weighted by Crippen LogP contribution is -2.56. The van der Waals surface area contributed by atoms with E-state index < -0.39 is 11.8 Å². The van der Waals surface area contributed by atoms with Crippen molar-refractivity contribution in [2.45, 2.75) is 6.92 Å². The second-order valence-electron chi connectivity index (χ2n) is 7.95. The number of anilines is 2. The van der Waals surface area contributed by atoms with Gasteiger partial charge in [-0.25, -0.2) is 0 Å². The van der Waals surface area contributed by atoms with Crippen LogP contribution in [0.5, 0.6) is 0 Å². The molecule has 0 atom stereocenters. The second-order valence-corrected chi connectivity index (χ2v) is 9.56.